The van der Waals surface area contributed by atoms with Crippen LogP contribution in [0.25, 0.3) is 0 Å². The molecule has 0 aliphatic carbocycles. The van der Waals surface area contributed by atoms with Crippen LogP contribution in [0.1, 0.15) is 16.2 Å². The van der Waals surface area contributed by atoms with Crippen molar-refractivity contribution in [3.8, 4) is 0 Å². The van der Waals surface area contributed by atoms with Crippen LogP contribution in [0.2, 0.25) is 0 Å². The summed E-state index contributed by atoms with van der Waals surface area (Å²) >= 11 is 0. The minimum Gasteiger partial charge on any atom is -0.349 e. The summed E-state index contributed by atoms with van der Waals surface area (Å²) in [5.74, 6) is -2.27. The van der Waals surface area contributed by atoms with Gasteiger partial charge in [-0.05, 0) is 30.3 Å². The maximum absolute atomic E-state index is 13.6. The van der Waals surface area contributed by atoms with Crippen molar-refractivity contribution in [1.29, 1.82) is 0 Å². The zero-order chi connectivity index (χ0) is 17.6. The predicted molar refractivity (Wildman–Crippen MR) is 87.9 cm³/mol. The van der Waals surface area contributed by atoms with Crippen molar-refractivity contribution < 1.29 is 13.6 Å². The molecule has 0 aliphatic rings. The van der Waals surface area contributed by atoms with Crippen LogP contribution in [-0.2, 0) is 6.54 Å². The number of benzene rings is 1. The highest BCUT2D eigenvalue weighted by Crippen LogP contribution is 2.18. The van der Waals surface area contributed by atoms with Gasteiger partial charge in [0.25, 0.3) is 5.91 Å². The highest BCUT2D eigenvalue weighted by Gasteiger charge is 2.15. The number of halogens is 2. The third kappa shape index (κ3) is 4.11. The molecule has 0 aliphatic heterocycles. The van der Waals surface area contributed by atoms with Crippen molar-refractivity contribution in [2.45, 2.75) is 6.54 Å². The molecule has 2 aromatic heterocycles. The van der Waals surface area contributed by atoms with E-state index in [4.69, 9.17) is 0 Å². The molecule has 0 fully saturated rings. The first kappa shape index (κ1) is 16.4. The lowest BCUT2D eigenvalue weighted by atomic mass is 10.2. The average molecular weight is 341 g/mol. The SMILES string of the molecule is O=C(Nc1c(F)cccc1F)c1ccnc(NCc2ccccn2)n1. The molecular weight excluding hydrogens is 328 g/mol. The van der Waals surface area contributed by atoms with Gasteiger partial charge in [-0.2, -0.15) is 0 Å². The zero-order valence-electron chi connectivity index (χ0n) is 12.9. The molecule has 0 radical (unpaired) electrons. The lowest BCUT2D eigenvalue weighted by Gasteiger charge is -2.08. The van der Waals surface area contributed by atoms with Gasteiger partial charge in [-0.1, -0.05) is 12.1 Å². The summed E-state index contributed by atoms with van der Waals surface area (Å²) in [5, 5.41) is 5.11. The van der Waals surface area contributed by atoms with Crippen LogP contribution in [0, 0.1) is 11.6 Å². The molecule has 0 saturated carbocycles. The van der Waals surface area contributed by atoms with Crippen LogP contribution in [0.5, 0.6) is 0 Å². The van der Waals surface area contributed by atoms with Crippen LogP contribution in [0.4, 0.5) is 20.4 Å². The van der Waals surface area contributed by atoms with E-state index < -0.39 is 23.2 Å². The van der Waals surface area contributed by atoms with Gasteiger partial charge in [-0.15, -0.1) is 0 Å². The second-order valence-electron chi connectivity index (χ2n) is 4.99. The number of hydrogen-bond acceptors (Lipinski definition) is 5. The van der Waals surface area contributed by atoms with Gasteiger partial charge in [0.05, 0.1) is 12.2 Å². The Bertz CT molecular complexity index is 869. The summed E-state index contributed by atoms with van der Waals surface area (Å²) < 4.78 is 27.2. The lowest BCUT2D eigenvalue weighted by Crippen LogP contribution is -2.17. The number of amides is 1. The Labute approximate surface area is 142 Å². The van der Waals surface area contributed by atoms with E-state index in [2.05, 4.69) is 25.6 Å². The fourth-order valence-electron chi connectivity index (χ4n) is 2.04. The van der Waals surface area contributed by atoms with Crippen LogP contribution in [-0.4, -0.2) is 20.9 Å². The van der Waals surface area contributed by atoms with Crippen LogP contribution < -0.4 is 10.6 Å². The van der Waals surface area contributed by atoms with E-state index in [1.165, 1.54) is 18.3 Å². The fourth-order valence-corrected chi connectivity index (χ4v) is 2.04. The van der Waals surface area contributed by atoms with Crippen LogP contribution >= 0.6 is 0 Å². The maximum Gasteiger partial charge on any atom is 0.274 e. The molecule has 0 saturated heterocycles. The van der Waals surface area contributed by atoms with Crippen molar-refractivity contribution in [1.82, 2.24) is 15.0 Å². The molecule has 2 heterocycles. The van der Waals surface area contributed by atoms with Crippen LogP contribution in [0.15, 0.2) is 54.9 Å². The van der Waals surface area contributed by atoms with E-state index in [1.807, 2.05) is 12.1 Å². The molecule has 6 nitrogen and oxygen atoms in total. The summed E-state index contributed by atoms with van der Waals surface area (Å²) in [4.78, 5) is 24.4. The predicted octanol–water partition coefficient (Wildman–Crippen LogP) is 3.01. The second-order valence-corrected chi connectivity index (χ2v) is 4.99. The number of anilines is 2. The normalized spacial score (nSPS) is 10.3. The molecule has 3 aromatic rings. The number of carbonyl (C=O) groups excluding carboxylic acids is 1. The van der Waals surface area contributed by atoms with Crippen molar-refractivity contribution in [2.24, 2.45) is 0 Å². The number of aromatic nitrogens is 3. The molecule has 1 amide bonds. The van der Waals surface area contributed by atoms with Crippen molar-refractivity contribution in [2.75, 3.05) is 10.6 Å². The van der Waals surface area contributed by atoms with E-state index in [9.17, 15) is 13.6 Å². The molecule has 1 aromatic carbocycles. The third-order valence-corrected chi connectivity index (χ3v) is 3.24. The molecule has 0 spiro atoms. The highest BCUT2D eigenvalue weighted by atomic mass is 19.1. The summed E-state index contributed by atoms with van der Waals surface area (Å²) in [6.45, 7) is 0.369. The minimum atomic E-state index is -0.865. The minimum absolute atomic E-state index is 0.0267. The van der Waals surface area contributed by atoms with Gasteiger partial charge in [-0.25, -0.2) is 18.7 Å². The van der Waals surface area contributed by atoms with E-state index in [1.54, 1.807) is 12.3 Å². The monoisotopic (exact) mass is 341 g/mol. The largest absolute Gasteiger partial charge is 0.349 e. The zero-order valence-corrected chi connectivity index (χ0v) is 12.9. The molecule has 3 rings (SSSR count). The summed E-state index contributed by atoms with van der Waals surface area (Å²) in [6, 6.07) is 10.1. The Balaban J connectivity index is 1.71. The first-order valence-electron chi connectivity index (χ1n) is 7.35. The number of rotatable bonds is 5. The first-order valence-corrected chi connectivity index (χ1v) is 7.35. The number of nitrogens with one attached hydrogen (secondary N) is 2. The van der Waals surface area contributed by atoms with Crippen molar-refractivity contribution in [3.63, 3.8) is 0 Å². The third-order valence-electron chi connectivity index (χ3n) is 3.24. The summed E-state index contributed by atoms with van der Waals surface area (Å²) in [5.41, 5.74) is 0.227. The van der Waals surface area contributed by atoms with Gasteiger partial charge < -0.3 is 10.6 Å². The molecular formula is C17H13F2N5O. The number of para-hydroxylation sites is 1. The topological polar surface area (TPSA) is 79.8 Å². The van der Waals surface area contributed by atoms with E-state index in [0.29, 0.717) is 6.54 Å². The van der Waals surface area contributed by atoms with E-state index in [-0.39, 0.29) is 11.6 Å². The molecule has 0 unspecified atom stereocenters. The number of carbonyl (C=O) groups is 1. The maximum atomic E-state index is 13.6. The number of nitrogens with zero attached hydrogens (tertiary/aromatic N) is 3. The second kappa shape index (κ2) is 7.43. The Hall–Kier alpha value is -3.42. The van der Waals surface area contributed by atoms with Crippen molar-refractivity contribution >= 4 is 17.5 Å². The Kier molecular flexibility index (Phi) is 4.89. The molecule has 0 bridgehead atoms. The smallest absolute Gasteiger partial charge is 0.274 e. The average Bonchev–Trinajstić information content (AvgIpc) is 2.64. The van der Waals surface area contributed by atoms with Gasteiger partial charge in [0, 0.05) is 12.4 Å². The van der Waals surface area contributed by atoms with Gasteiger partial charge in [-0.3, -0.25) is 9.78 Å². The van der Waals surface area contributed by atoms with Crippen LogP contribution in [0.3, 0.4) is 0 Å². The molecule has 0 atom stereocenters. The van der Waals surface area contributed by atoms with Gasteiger partial charge in [0.2, 0.25) is 5.95 Å². The fraction of sp³-hybridized carbons (Fsp3) is 0.0588. The Morgan fingerprint density at radius 2 is 1.76 bits per heavy atom. The van der Waals surface area contributed by atoms with Gasteiger partial charge in [0.15, 0.2) is 0 Å². The Morgan fingerprint density at radius 1 is 0.960 bits per heavy atom. The number of pyridine rings is 1. The Morgan fingerprint density at radius 3 is 2.48 bits per heavy atom. The summed E-state index contributed by atoms with van der Waals surface area (Å²) in [7, 11) is 0. The van der Waals surface area contributed by atoms with Gasteiger partial charge >= 0.3 is 0 Å². The molecule has 25 heavy (non-hydrogen) atoms. The highest BCUT2D eigenvalue weighted by molar-refractivity contribution is 6.03. The lowest BCUT2D eigenvalue weighted by molar-refractivity contribution is 0.102. The molecule has 126 valence electrons. The first-order chi connectivity index (χ1) is 12.1. The molecule has 2 N–H and O–H groups in total. The number of hydrogen-bond donors (Lipinski definition) is 2. The van der Waals surface area contributed by atoms with Gasteiger partial charge in [0.1, 0.15) is 23.0 Å². The van der Waals surface area contributed by atoms with Crippen molar-refractivity contribution in [3.05, 3.63) is 77.9 Å². The molecule has 8 heteroatoms. The van der Waals surface area contributed by atoms with E-state index in [0.717, 1.165) is 17.8 Å². The summed E-state index contributed by atoms with van der Waals surface area (Å²) in [6.07, 6.45) is 3.03. The quantitative estimate of drug-likeness (QED) is 0.746. The van der Waals surface area contributed by atoms with E-state index >= 15 is 0 Å². The standard InChI is InChI=1S/C17H13F2N5O/c18-12-5-3-6-13(19)15(12)24-16(25)14-7-9-21-17(23-14)22-10-11-4-1-2-8-20-11/h1-9H,10H2,(H,24,25)(H,21,22,23).